The van der Waals surface area contributed by atoms with E-state index in [9.17, 15) is 19.2 Å². The third-order valence-electron chi connectivity index (χ3n) is 3.26. The fourth-order valence-electron chi connectivity index (χ4n) is 2.30. The summed E-state index contributed by atoms with van der Waals surface area (Å²) in [4.78, 5) is 43.6. The maximum Gasteiger partial charge on any atom is 0.307 e. The predicted molar refractivity (Wildman–Crippen MR) is 61.0 cm³/mol. The Morgan fingerprint density at radius 3 is 0.842 bits per heavy atom. The van der Waals surface area contributed by atoms with Crippen LogP contribution in [0.25, 0.3) is 0 Å². The molecule has 0 aliphatic heterocycles. The molecule has 1 rings (SSSR count). The van der Waals surface area contributed by atoms with Gasteiger partial charge >= 0.3 is 23.9 Å². The second-order valence-corrected chi connectivity index (χ2v) is 4.25. The van der Waals surface area contributed by atoms with Crippen LogP contribution in [0.2, 0.25) is 0 Å². The summed E-state index contributed by atoms with van der Waals surface area (Å²) >= 11 is 0. The minimum absolute atomic E-state index is 0. The predicted octanol–water partition coefficient (Wildman–Crippen LogP) is 0.00520. The summed E-state index contributed by atoms with van der Waals surface area (Å²) in [5, 5.41) is 35.5. The SMILES string of the molecule is Cl.O=C(O)C1CC(C(=O)O)C(C(=O)O)CC1C(=O)O. The highest BCUT2D eigenvalue weighted by molar-refractivity contribution is 5.86. The lowest BCUT2D eigenvalue weighted by atomic mass is 9.68. The van der Waals surface area contributed by atoms with E-state index in [2.05, 4.69) is 0 Å². The summed E-state index contributed by atoms with van der Waals surface area (Å²) < 4.78 is 0. The number of rotatable bonds is 4. The highest BCUT2D eigenvalue weighted by Crippen LogP contribution is 2.38. The van der Waals surface area contributed by atoms with Crippen molar-refractivity contribution in [2.75, 3.05) is 0 Å². The average molecular weight is 297 g/mol. The highest BCUT2D eigenvalue weighted by Gasteiger charge is 2.49. The number of halogens is 1. The van der Waals surface area contributed by atoms with Gasteiger partial charge in [-0.2, -0.15) is 0 Å². The first kappa shape index (κ1) is 17.2. The van der Waals surface area contributed by atoms with Crippen molar-refractivity contribution in [1.29, 1.82) is 0 Å². The van der Waals surface area contributed by atoms with Gasteiger partial charge in [0.05, 0.1) is 23.7 Å². The smallest absolute Gasteiger partial charge is 0.307 e. The van der Waals surface area contributed by atoms with Crippen LogP contribution in [0.5, 0.6) is 0 Å². The number of carboxylic acids is 4. The van der Waals surface area contributed by atoms with Crippen molar-refractivity contribution in [3.05, 3.63) is 0 Å². The van der Waals surface area contributed by atoms with E-state index in [4.69, 9.17) is 20.4 Å². The van der Waals surface area contributed by atoms with Crippen LogP contribution in [0.4, 0.5) is 0 Å². The first-order chi connectivity index (χ1) is 8.25. The Bertz CT molecular complexity index is 332. The monoisotopic (exact) mass is 296 g/mol. The molecule has 19 heavy (non-hydrogen) atoms. The van der Waals surface area contributed by atoms with E-state index in [1.807, 2.05) is 0 Å². The number of carbonyl (C=O) groups is 4. The molecule has 0 aromatic rings. The van der Waals surface area contributed by atoms with Crippen LogP contribution in [0, 0.1) is 23.7 Å². The molecule has 1 fully saturated rings. The molecule has 9 heteroatoms. The topological polar surface area (TPSA) is 149 Å². The lowest BCUT2D eigenvalue weighted by Crippen LogP contribution is -2.44. The molecule has 0 radical (unpaired) electrons. The maximum absolute atomic E-state index is 10.9. The van der Waals surface area contributed by atoms with Crippen LogP contribution in [0.1, 0.15) is 12.8 Å². The molecule has 0 amide bonds. The van der Waals surface area contributed by atoms with Gasteiger partial charge < -0.3 is 20.4 Å². The molecule has 4 atom stereocenters. The lowest BCUT2D eigenvalue weighted by Gasteiger charge is -2.33. The van der Waals surface area contributed by atoms with Gasteiger partial charge in [-0.1, -0.05) is 0 Å². The highest BCUT2D eigenvalue weighted by atomic mass is 35.5. The first-order valence-corrected chi connectivity index (χ1v) is 5.17. The Labute approximate surface area is 113 Å². The standard InChI is InChI=1S/C10H12O8.ClH/c11-7(12)3-1-4(8(13)14)6(10(17)18)2-5(3)9(15)16;/h3-6H,1-2H2,(H,11,12)(H,13,14)(H,15,16)(H,17,18);1H. The van der Waals surface area contributed by atoms with Gasteiger partial charge in [-0.25, -0.2) is 0 Å². The minimum Gasteiger partial charge on any atom is -0.481 e. The molecule has 0 bridgehead atoms. The van der Waals surface area contributed by atoms with Crippen LogP contribution < -0.4 is 0 Å². The zero-order chi connectivity index (χ0) is 14.0. The van der Waals surface area contributed by atoms with Gasteiger partial charge in [0.25, 0.3) is 0 Å². The van der Waals surface area contributed by atoms with Gasteiger partial charge in [0.1, 0.15) is 0 Å². The van der Waals surface area contributed by atoms with Crippen molar-refractivity contribution < 1.29 is 39.6 Å². The summed E-state index contributed by atoms with van der Waals surface area (Å²) in [5.74, 6) is -11.2. The van der Waals surface area contributed by atoms with E-state index < -0.39 is 60.4 Å². The Kier molecular flexibility index (Phi) is 5.76. The maximum atomic E-state index is 10.9. The molecule has 108 valence electrons. The molecular formula is C10H13ClO8. The van der Waals surface area contributed by atoms with Crippen molar-refractivity contribution in [2.24, 2.45) is 23.7 Å². The molecule has 0 heterocycles. The molecule has 0 aromatic carbocycles. The molecule has 0 spiro atoms. The van der Waals surface area contributed by atoms with Gasteiger partial charge in [-0.05, 0) is 12.8 Å². The fourth-order valence-corrected chi connectivity index (χ4v) is 2.30. The van der Waals surface area contributed by atoms with Gasteiger partial charge in [-0.3, -0.25) is 19.2 Å². The first-order valence-electron chi connectivity index (χ1n) is 5.17. The number of hydrogen-bond donors (Lipinski definition) is 4. The Hall–Kier alpha value is -1.83. The summed E-state index contributed by atoms with van der Waals surface area (Å²) in [5.41, 5.74) is 0. The van der Waals surface area contributed by atoms with Crippen LogP contribution in [-0.2, 0) is 19.2 Å². The van der Waals surface area contributed by atoms with Gasteiger partial charge in [-0.15, -0.1) is 12.4 Å². The third kappa shape index (κ3) is 3.57. The van der Waals surface area contributed by atoms with Gasteiger partial charge in [0.2, 0.25) is 0 Å². The largest absolute Gasteiger partial charge is 0.481 e. The minimum atomic E-state index is -1.42. The zero-order valence-electron chi connectivity index (χ0n) is 9.55. The Morgan fingerprint density at radius 2 is 0.737 bits per heavy atom. The summed E-state index contributed by atoms with van der Waals surface area (Å²) in [6.07, 6.45) is -0.975. The number of aliphatic carboxylic acids is 4. The average Bonchev–Trinajstić information content (AvgIpc) is 2.26. The van der Waals surface area contributed by atoms with E-state index in [0.29, 0.717) is 0 Å². The summed E-state index contributed by atoms with van der Waals surface area (Å²) in [6.45, 7) is 0. The second-order valence-electron chi connectivity index (χ2n) is 4.25. The van der Waals surface area contributed by atoms with Gasteiger partial charge in [0.15, 0.2) is 0 Å². The molecule has 4 N–H and O–H groups in total. The molecule has 0 saturated heterocycles. The van der Waals surface area contributed by atoms with E-state index in [1.165, 1.54) is 0 Å². The van der Waals surface area contributed by atoms with Crippen molar-refractivity contribution in [3.63, 3.8) is 0 Å². The molecule has 0 aromatic heterocycles. The van der Waals surface area contributed by atoms with Crippen LogP contribution in [-0.4, -0.2) is 44.3 Å². The lowest BCUT2D eigenvalue weighted by molar-refractivity contribution is -0.167. The second kappa shape index (κ2) is 6.37. The van der Waals surface area contributed by atoms with Crippen molar-refractivity contribution >= 4 is 36.3 Å². The van der Waals surface area contributed by atoms with Gasteiger partial charge in [0, 0.05) is 0 Å². The molecule has 1 saturated carbocycles. The molecule has 4 unspecified atom stereocenters. The zero-order valence-corrected chi connectivity index (χ0v) is 10.4. The fraction of sp³-hybridized carbons (Fsp3) is 0.600. The van der Waals surface area contributed by atoms with E-state index in [0.717, 1.165) is 0 Å². The summed E-state index contributed by atoms with van der Waals surface area (Å²) in [7, 11) is 0. The number of hydrogen-bond acceptors (Lipinski definition) is 4. The third-order valence-corrected chi connectivity index (χ3v) is 3.26. The van der Waals surface area contributed by atoms with Crippen molar-refractivity contribution in [1.82, 2.24) is 0 Å². The van der Waals surface area contributed by atoms with Crippen molar-refractivity contribution in [3.8, 4) is 0 Å². The van der Waals surface area contributed by atoms with Crippen molar-refractivity contribution in [2.45, 2.75) is 12.8 Å². The Morgan fingerprint density at radius 1 is 0.579 bits per heavy atom. The van der Waals surface area contributed by atoms with Crippen LogP contribution in [0.3, 0.4) is 0 Å². The molecular weight excluding hydrogens is 284 g/mol. The molecule has 8 nitrogen and oxygen atoms in total. The molecule has 1 aliphatic rings. The Balaban J connectivity index is 0.00000324. The van der Waals surface area contributed by atoms with Crippen LogP contribution in [0.15, 0.2) is 0 Å². The molecule has 1 aliphatic carbocycles. The van der Waals surface area contributed by atoms with Crippen LogP contribution >= 0.6 is 12.4 Å². The van der Waals surface area contributed by atoms with E-state index in [-0.39, 0.29) is 12.4 Å². The van der Waals surface area contributed by atoms with E-state index >= 15 is 0 Å². The number of carboxylic acid groups (broad SMARTS) is 4. The normalized spacial score (nSPS) is 29.9. The summed E-state index contributed by atoms with van der Waals surface area (Å²) in [6, 6.07) is 0. The van der Waals surface area contributed by atoms with E-state index in [1.54, 1.807) is 0 Å². The quantitative estimate of drug-likeness (QED) is 0.566.